The van der Waals surface area contributed by atoms with Gasteiger partial charge in [0.15, 0.2) is 5.78 Å². The standard InChI is InChI=1S/C26H32N2O2/c1-5-21-13-10-14-22(6-2)24(21)27-25(30)26(4)18-23(29)17-19(3)28(26)16-15-20-11-8-7-9-12-20/h7-14,17H,5-6,15-16,18H2,1-4H3,(H,27,30). The van der Waals surface area contributed by atoms with Crippen LogP contribution < -0.4 is 5.32 Å². The van der Waals surface area contributed by atoms with E-state index >= 15 is 0 Å². The van der Waals surface area contributed by atoms with Crippen molar-refractivity contribution in [2.45, 2.75) is 58.9 Å². The molecular weight excluding hydrogens is 372 g/mol. The van der Waals surface area contributed by atoms with E-state index in [1.165, 1.54) is 5.56 Å². The summed E-state index contributed by atoms with van der Waals surface area (Å²) in [6, 6.07) is 16.4. The van der Waals surface area contributed by atoms with Gasteiger partial charge >= 0.3 is 0 Å². The van der Waals surface area contributed by atoms with Crippen LogP contribution in [0, 0.1) is 0 Å². The summed E-state index contributed by atoms with van der Waals surface area (Å²) in [6.07, 6.45) is 4.35. The van der Waals surface area contributed by atoms with Crippen molar-refractivity contribution in [1.29, 1.82) is 0 Å². The topological polar surface area (TPSA) is 49.4 Å². The predicted molar refractivity (Wildman–Crippen MR) is 122 cm³/mol. The maximum absolute atomic E-state index is 13.6. The van der Waals surface area contributed by atoms with Crippen molar-refractivity contribution in [3.8, 4) is 0 Å². The Morgan fingerprint density at radius 2 is 1.67 bits per heavy atom. The van der Waals surface area contributed by atoms with Gasteiger partial charge in [0.05, 0.1) is 0 Å². The SMILES string of the molecule is CCc1cccc(CC)c1NC(=O)C1(C)CC(=O)C=C(C)N1CCc1ccccc1. The Hall–Kier alpha value is -2.88. The second-order valence-corrected chi connectivity index (χ2v) is 8.20. The number of hydrogen-bond donors (Lipinski definition) is 1. The molecule has 1 heterocycles. The number of nitrogens with zero attached hydrogens (tertiary/aromatic N) is 1. The molecule has 1 unspecified atom stereocenters. The highest BCUT2D eigenvalue weighted by Crippen LogP contribution is 2.32. The van der Waals surface area contributed by atoms with E-state index in [1.807, 2.05) is 38.1 Å². The van der Waals surface area contributed by atoms with Crippen LogP contribution in [0.4, 0.5) is 5.69 Å². The van der Waals surface area contributed by atoms with Gasteiger partial charge in [0.1, 0.15) is 5.54 Å². The van der Waals surface area contributed by atoms with E-state index in [-0.39, 0.29) is 18.1 Å². The second-order valence-electron chi connectivity index (χ2n) is 8.20. The summed E-state index contributed by atoms with van der Waals surface area (Å²) in [7, 11) is 0. The lowest BCUT2D eigenvalue weighted by Gasteiger charge is -2.44. The molecule has 2 aromatic rings. The van der Waals surface area contributed by atoms with Gasteiger partial charge in [-0.25, -0.2) is 0 Å². The maximum Gasteiger partial charge on any atom is 0.250 e. The number of ketones is 1. The molecule has 1 aliphatic heterocycles. The molecule has 0 aliphatic carbocycles. The summed E-state index contributed by atoms with van der Waals surface area (Å²) in [5, 5.41) is 3.20. The van der Waals surface area contributed by atoms with Gasteiger partial charge in [0.25, 0.3) is 0 Å². The summed E-state index contributed by atoms with van der Waals surface area (Å²) in [5.74, 6) is -0.118. The molecule has 1 amide bonds. The van der Waals surface area contributed by atoms with Gasteiger partial charge in [-0.3, -0.25) is 9.59 Å². The zero-order chi connectivity index (χ0) is 21.7. The lowest BCUT2D eigenvalue weighted by molar-refractivity contribution is -0.132. The average molecular weight is 405 g/mol. The Morgan fingerprint density at radius 3 is 2.27 bits per heavy atom. The second kappa shape index (κ2) is 9.29. The molecule has 4 heteroatoms. The maximum atomic E-state index is 13.6. The molecule has 0 fully saturated rings. The zero-order valence-electron chi connectivity index (χ0n) is 18.5. The molecule has 158 valence electrons. The van der Waals surface area contributed by atoms with Crippen LogP contribution in [0.25, 0.3) is 0 Å². The number of allylic oxidation sites excluding steroid dienone is 2. The van der Waals surface area contributed by atoms with E-state index in [9.17, 15) is 9.59 Å². The van der Waals surface area contributed by atoms with E-state index in [4.69, 9.17) is 0 Å². The minimum atomic E-state index is -0.920. The number of aryl methyl sites for hydroxylation is 2. The van der Waals surface area contributed by atoms with Gasteiger partial charge in [0.2, 0.25) is 5.91 Å². The van der Waals surface area contributed by atoms with Crippen LogP contribution in [0.2, 0.25) is 0 Å². The number of benzene rings is 2. The van der Waals surface area contributed by atoms with Crippen molar-refractivity contribution in [3.05, 3.63) is 77.0 Å². The molecule has 0 aromatic heterocycles. The Balaban J connectivity index is 1.89. The van der Waals surface area contributed by atoms with E-state index in [0.717, 1.165) is 41.8 Å². The van der Waals surface area contributed by atoms with Crippen LogP contribution in [0.1, 0.15) is 50.8 Å². The Labute approximate surface area is 180 Å². The third-order valence-electron chi connectivity index (χ3n) is 6.10. The van der Waals surface area contributed by atoms with Crippen LogP contribution >= 0.6 is 0 Å². The van der Waals surface area contributed by atoms with Crippen molar-refractivity contribution in [2.24, 2.45) is 0 Å². The van der Waals surface area contributed by atoms with Gasteiger partial charge in [-0.05, 0) is 49.8 Å². The van der Waals surface area contributed by atoms with E-state index in [0.29, 0.717) is 6.54 Å². The molecule has 1 N–H and O–H groups in total. The van der Waals surface area contributed by atoms with Crippen molar-refractivity contribution >= 4 is 17.4 Å². The molecule has 0 radical (unpaired) electrons. The lowest BCUT2D eigenvalue weighted by atomic mass is 9.86. The van der Waals surface area contributed by atoms with Gasteiger partial charge < -0.3 is 10.2 Å². The van der Waals surface area contributed by atoms with Gasteiger partial charge in [-0.2, -0.15) is 0 Å². The van der Waals surface area contributed by atoms with Gasteiger partial charge in [-0.1, -0.05) is 62.4 Å². The Bertz CT molecular complexity index is 927. The molecule has 30 heavy (non-hydrogen) atoms. The third-order valence-corrected chi connectivity index (χ3v) is 6.10. The molecule has 0 bridgehead atoms. The van der Waals surface area contributed by atoms with Gasteiger partial charge in [-0.15, -0.1) is 0 Å². The fourth-order valence-corrected chi connectivity index (χ4v) is 4.35. The highest BCUT2D eigenvalue weighted by molar-refractivity contribution is 6.05. The van der Waals surface area contributed by atoms with Crippen LogP contribution in [0.3, 0.4) is 0 Å². The summed E-state index contributed by atoms with van der Waals surface area (Å²) < 4.78 is 0. The highest BCUT2D eigenvalue weighted by atomic mass is 16.2. The fourth-order valence-electron chi connectivity index (χ4n) is 4.35. The summed E-state index contributed by atoms with van der Waals surface area (Å²) in [4.78, 5) is 28.1. The molecular formula is C26H32N2O2. The van der Waals surface area contributed by atoms with Crippen molar-refractivity contribution < 1.29 is 9.59 Å². The largest absolute Gasteiger partial charge is 0.360 e. The van der Waals surface area contributed by atoms with Crippen LogP contribution in [0.5, 0.6) is 0 Å². The molecule has 0 saturated heterocycles. The molecule has 1 aliphatic rings. The lowest BCUT2D eigenvalue weighted by Crippen LogP contribution is -2.57. The molecule has 3 rings (SSSR count). The molecule has 0 saturated carbocycles. The molecule has 4 nitrogen and oxygen atoms in total. The van der Waals surface area contributed by atoms with E-state index in [1.54, 1.807) is 6.08 Å². The number of carbonyl (C=O) groups is 2. The van der Waals surface area contributed by atoms with Crippen LogP contribution in [-0.2, 0) is 28.9 Å². The first-order valence-corrected chi connectivity index (χ1v) is 10.8. The number of anilines is 1. The quantitative estimate of drug-likeness (QED) is 0.712. The van der Waals surface area contributed by atoms with E-state index < -0.39 is 5.54 Å². The zero-order valence-corrected chi connectivity index (χ0v) is 18.5. The first kappa shape index (κ1) is 21.8. The van der Waals surface area contributed by atoms with Crippen molar-refractivity contribution in [3.63, 3.8) is 0 Å². The number of rotatable bonds is 7. The average Bonchev–Trinajstić information content (AvgIpc) is 2.73. The Kier molecular flexibility index (Phi) is 6.76. The van der Waals surface area contributed by atoms with Crippen molar-refractivity contribution in [1.82, 2.24) is 4.90 Å². The number of carbonyl (C=O) groups excluding carboxylic acids is 2. The van der Waals surface area contributed by atoms with Crippen LogP contribution in [0.15, 0.2) is 60.3 Å². The highest BCUT2D eigenvalue weighted by Gasteiger charge is 2.44. The number of amides is 1. The molecule has 2 aromatic carbocycles. The predicted octanol–water partition coefficient (Wildman–Crippen LogP) is 4.93. The monoisotopic (exact) mass is 404 g/mol. The van der Waals surface area contributed by atoms with Crippen molar-refractivity contribution in [2.75, 3.05) is 11.9 Å². The number of hydrogen-bond acceptors (Lipinski definition) is 3. The molecule has 1 atom stereocenters. The first-order chi connectivity index (χ1) is 14.4. The summed E-state index contributed by atoms with van der Waals surface area (Å²) in [5.41, 5.74) is 4.29. The van der Waals surface area contributed by atoms with Crippen LogP contribution in [-0.4, -0.2) is 28.7 Å². The summed E-state index contributed by atoms with van der Waals surface area (Å²) in [6.45, 7) is 8.68. The Morgan fingerprint density at radius 1 is 1.03 bits per heavy atom. The molecule has 0 spiro atoms. The number of nitrogens with one attached hydrogen (secondary N) is 1. The van der Waals surface area contributed by atoms with Gasteiger partial charge in [0, 0.05) is 30.4 Å². The smallest absolute Gasteiger partial charge is 0.250 e. The normalized spacial score (nSPS) is 18.9. The first-order valence-electron chi connectivity index (χ1n) is 10.8. The number of para-hydroxylation sites is 1. The fraction of sp³-hybridized carbons (Fsp3) is 0.385. The minimum Gasteiger partial charge on any atom is -0.360 e. The third kappa shape index (κ3) is 4.48. The summed E-state index contributed by atoms with van der Waals surface area (Å²) >= 11 is 0. The minimum absolute atomic E-state index is 0.000558. The van der Waals surface area contributed by atoms with E-state index in [2.05, 4.69) is 48.3 Å².